The van der Waals surface area contributed by atoms with Crippen LogP contribution in [0.25, 0.3) is 0 Å². The van der Waals surface area contributed by atoms with Crippen molar-refractivity contribution in [2.45, 2.75) is 38.0 Å². The second-order valence-electron chi connectivity index (χ2n) is 9.20. The highest BCUT2D eigenvalue weighted by atomic mass is 32.1. The SMILES string of the molecule is COC(=O)c1cn([C@@H]2C[C@@H](C(=O)NC(c3ccccc3)c3ccccc3)N(Cc3sccc3C)C2)nn1. The van der Waals surface area contributed by atoms with E-state index < -0.39 is 5.97 Å². The molecule has 1 aliphatic rings. The summed E-state index contributed by atoms with van der Waals surface area (Å²) >= 11 is 1.70. The Morgan fingerprint density at radius 3 is 2.35 bits per heavy atom. The van der Waals surface area contributed by atoms with Gasteiger partial charge in [0.1, 0.15) is 0 Å². The molecular weight excluding hydrogens is 486 g/mol. The average molecular weight is 516 g/mol. The van der Waals surface area contributed by atoms with Gasteiger partial charge >= 0.3 is 5.97 Å². The monoisotopic (exact) mass is 515 g/mol. The molecule has 5 rings (SSSR count). The lowest BCUT2D eigenvalue weighted by Gasteiger charge is -2.27. The van der Waals surface area contributed by atoms with Crippen LogP contribution in [0.5, 0.6) is 0 Å². The molecule has 2 aromatic carbocycles. The Bertz CT molecular complexity index is 1310. The fourth-order valence-corrected chi connectivity index (χ4v) is 5.74. The molecule has 1 fully saturated rings. The van der Waals surface area contributed by atoms with Crippen molar-refractivity contribution in [3.05, 3.63) is 106 Å². The van der Waals surface area contributed by atoms with E-state index in [2.05, 4.69) is 38.9 Å². The molecule has 0 radical (unpaired) electrons. The van der Waals surface area contributed by atoms with Crippen LogP contribution in [0.15, 0.2) is 78.3 Å². The number of methoxy groups -OCH3 is 1. The molecule has 37 heavy (non-hydrogen) atoms. The molecule has 3 heterocycles. The summed E-state index contributed by atoms with van der Waals surface area (Å²) in [7, 11) is 1.32. The minimum atomic E-state index is -0.529. The van der Waals surface area contributed by atoms with Gasteiger partial charge in [-0.2, -0.15) is 0 Å². The first-order valence-corrected chi connectivity index (χ1v) is 13.1. The zero-order valence-electron chi connectivity index (χ0n) is 20.8. The molecule has 2 atom stereocenters. The number of hydrogen-bond acceptors (Lipinski definition) is 7. The number of nitrogens with one attached hydrogen (secondary N) is 1. The van der Waals surface area contributed by atoms with E-state index in [1.807, 2.05) is 60.7 Å². The molecule has 1 saturated heterocycles. The zero-order chi connectivity index (χ0) is 25.8. The molecule has 1 N–H and O–H groups in total. The number of carbonyl (C=O) groups is 2. The summed E-state index contributed by atoms with van der Waals surface area (Å²) in [4.78, 5) is 29.2. The number of nitrogens with zero attached hydrogens (tertiary/aromatic N) is 4. The molecule has 9 heteroatoms. The number of aromatic nitrogens is 3. The number of carbonyl (C=O) groups excluding carboxylic acids is 2. The number of likely N-dealkylation sites (tertiary alicyclic amines) is 1. The molecule has 0 aliphatic carbocycles. The van der Waals surface area contributed by atoms with E-state index in [9.17, 15) is 9.59 Å². The van der Waals surface area contributed by atoms with Gasteiger partial charge in [0, 0.05) is 18.0 Å². The Balaban J connectivity index is 1.42. The quantitative estimate of drug-likeness (QED) is 0.355. The second kappa shape index (κ2) is 11.1. The maximum atomic E-state index is 13.9. The number of benzene rings is 2. The van der Waals surface area contributed by atoms with Crippen molar-refractivity contribution in [2.24, 2.45) is 0 Å². The first-order valence-electron chi connectivity index (χ1n) is 12.2. The minimum Gasteiger partial charge on any atom is -0.464 e. The van der Waals surface area contributed by atoms with Crippen molar-refractivity contribution in [2.75, 3.05) is 13.7 Å². The standard InChI is InChI=1S/C28H29N5O3S/c1-19-13-14-37-25(19)18-32-16-22(33-17-23(30-31-33)28(35)36-2)15-24(32)27(34)29-26(20-9-5-3-6-10-20)21-11-7-4-8-12-21/h3-14,17,22,24,26H,15-16,18H2,1-2H3,(H,29,34)/t22-,24+/m1/s1. The normalized spacial score (nSPS) is 17.7. The second-order valence-corrected chi connectivity index (χ2v) is 10.2. The number of ether oxygens (including phenoxy) is 1. The molecule has 0 bridgehead atoms. The van der Waals surface area contributed by atoms with Gasteiger partial charge in [-0.05, 0) is 41.5 Å². The van der Waals surface area contributed by atoms with Crippen LogP contribution < -0.4 is 5.32 Å². The number of thiophene rings is 1. The molecule has 4 aromatic rings. The molecule has 0 spiro atoms. The average Bonchev–Trinajstić information content (AvgIpc) is 3.68. The maximum absolute atomic E-state index is 13.9. The van der Waals surface area contributed by atoms with E-state index >= 15 is 0 Å². The zero-order valence-corrected chi connectivity index (χ0v) is 21.6. The van der Waals surface area contributed by atoms with Crippen LogP contribution >= 0.6 is 11.3 Å². The Morgan fingerprint density at radius 1 is 1.08 bits per heavy atom. The topological polar surface area (TPSA) is 89.4 Å². The van der Waals surface area contributed by atoms with Gasteiger partial charge in [-0.25, -0.2) is 9.48 Å². The smallest absolute Gasteiger partial charge is 0.360 e. The summed E-state index contributed by atoms with van der Waals surface area (Å²) in [6.45, 7) is 3.37. The minimum absolute atomic E-state index is 0.0391. The Labute approximate surface area is 219 Å². The predicted octanol–water partition coefficient (Wildman–Crippen LogP) is 4.16. The highest BCUT2D eigenvalue weighted by Crippen LogP contribution is 2.32. The predicted molar refractivity (Wildman–Crippen MR) is 141 cm³/mol. The third kappa shape index (κ3) is 5.47. The van der Waals surface area contributed by atoms with Crippen LogP contribution in [-0.4, -0.2) is 51.5 Å². The number of rotatable bonds is 8. The van der Waals surface area contributed by atoms with E-state index in [-0.39, 0.29) is 29.7 Å². The van der Waals surface area contributed by atoms with Crippen LogP contribution in [0.3, 0.4) is 0 Å². The van der Waals surface area contributed by atoms with Crippen molar-refractivity contribution in [3.63, 3.8) is 0 Å². The maximum Gasteiger partial charge on any atom is 0.360 e. The lowest BCUT2D eigenvalue weighted by Crippen LogP contribution is -2.44. The highest BCUT2D eigenvalue weighted by Gasteiger charge is 2.39. The van der Waals surface area contributed by atoms with Gasteiger partial charge in [0.15, 0.2) is 5.69 Å². The van der Waals surface area contributed by atoms with Gasteiger partial charge < -0.3 is 10.1 Å². The number of aryl methyl sites for hydroxylation is 1. The summed E-state index contributed by atoms with van der Waals surface area (Å²) in [5.41, 5.74) is 3.42. The first-order chi connectivity index (χ1) is 18.0. The fourth-order valence-electron chi connectivity index (χ4n) is 4.81. The third-order valence-electron chi connectivity index (χ3n) is 6.83. The van der Waals surface area contributed by atoms with Gasteiger partial charge in [0.05, 0.1) is 31.4 Å². The van der Waals surface area contributed by atoms with Gasteiger partial charge in [0.2, 0.25) is 5.91 Å². The van der Waals surface area contributed by atoms with Gasteiger partial charge in [-0.3, -0.25) is 9.69 Å². The van der Waals surface area contributed by atoms with Gasteiger partial charge in [-0.1, -0.05) is 65.9 Å². The Hall–Kier alpha value is -3.82. The van der Waals surface area contributed by atoms with E-state index in [1.54, 1.807) is 22.2 Å². The number of amides is 1. The lowest BCUT2D eigenvalue weighted by molar-refractivity contribution is -0.126. The largest absolute Gasteiger partial charge is 0.464 e. The van der Waals surface area contributed by atoms with E-state index in [1.165, 1.54) is 17.6 Å². The van der Waals surface area contributed by atoms with Crippen LogP contribution in [0.2, 0.25) is 0 Å². The summed E-state index contributed by atoms with van der Waals surface area (Å²) in [6, 6.07) is 21.4. The van der Waals surface area contributed by atoms with Crippen molar-refractivity contribution < 1.29 is 14.3 Å². The summed E-state index contributed by atoms with van der Waals surface area (Å²) in [5, 5.41) is 13.5. The number of hydrogen-bond donors (Lipinski definition) is 1. The van der Waals surface area contributed by atoms with Gasteiger partial charge in [-0.15, -0.1) is 16.4 Å². The first kappa shape index (κ1) is 24.9. The highest BCUT2D eigenvalue weighted by molar-refractivity contribution is 7.10. The Kier molecular flexibility index (Phi) is 7.43. The van der Waals surface area contributed by atoms with Crippen LogP contribution in [-0.2, 0) is 16.1 Å². The molecule has 2 aromatic heterocycles. The summed E-state index contributed by atoms with van der Waals surface area (Å²) in [6.07, 6.45) is 2.15. The summed E-state index contributed by atoms with van der Waals surface area (Å²) in [5.74, 6) is -0.569. The fraction of sp³-hybridized carbons (Fsp3) is 0.286. The van der Waals surface area contributed by atoms with Gasteiger partial charge in [0.25, 0.3) is 0 Å². The van der Waals surface area contributed by atoms with Crippen molar-refractivity contribution in [3.8, 4) is 0 Å². The van der Waals surface area contributed by atoms with E-state index in [0.29, 0.717) is 19.5 Å². The molecule has 1 amide bonds. The molecule has 0 unspecified atom stereocenters. The Morgan fingerprint density at radius 2 is 1.76 bits per heavy atom. The van der Waals surface area contributed by atoms with Crippen molar-refractivity contribution in [1.29, 1.82) is 0 Å². The van der Waals surface area contributed by atoms with Crippen molar-refractivity contribution >= 4 is 23.2 Å². The molecule has 8 nitrogen and oxygen atoms in total. The third-order valence-corrected chi connectivity index (χ3v) is 7.84. The number of esters is 1. The van der Waals surface area contributed by atoms with E-state index in [0.717, 1.165) is 11.1 Å². The molecule has 1 aliphatic heterocycles. The lowest BCUT2D eigenvalue weighted by atomic mass is 9.98. The van der Waals surface area contributed by atoms with Crippen LogP contribution in [0.1, 0.15) is 50.6 Å². The molecule has 0 saturated carbocycles. The molecular formula is C28H29N5O3S. The van der Waals surface area contributed by atoms with Crippen LogP contribution in [0, 0.1) is 6.92 Å². The van der Waals surface area contributed by atoms with E-state index in [4.69, 9.17) is 4.74 Å². The van der Waals surface area contributed by atoms with Crippen molar-refractivity contribution in [1.82, 2.24) is 25.2 Å². The molecule has 190 valence electrons. The summed E-state index contributed by atoms with van der Waals surface area (Å²) < 4.78 is 6.46. The van der Waals surface area contributed by atoms with Crippen LogP contribution in [0.4, 0.5) is 0 Å².